The van der Waals surface area contributed by atoms with Gasteiger partial charge in [-0.1, -0.05) is 20.8 Å². The Morgan fingerprint density at radius 3 is 2.84 bits per heavy atom. The molecular formula is C14H22N4O. The number of likely N-dealkylation sites (tertiary alicyclic amines) is 1. The third kappa shape index (κ3) is 3.04. The van der Waals surface area contributed by atoms with E-state index in [4.69, 9.17) is 5.84 Å². The van der Waals surface area contributed by atoms with Gasteiger partial charge in [0.2, 0.25) is 0 Å². The van der Waals surface area contributed by atoms with E-state index < -0.39 is 0 Å². The van der Waals surface area contributed by atoms with Crippen LogP contribution in [-0.4, -0.2) is 28.9 Å². The number of hydrogen-bond acceptors (Lipinski definition) is 4. The predicted octanol–water partition coefficient (Wildman–Crippen LogP) is 1.88. The molecule has 0 radical (unpaired) electrons. The predicted molar refractivity (Wildman–Crippen MR) is 75.5 cm³/mol. The molecule has 1 aliphatic rings. The monoisotopic (exact) mass is 262 g/mol. The molecule has 104 valence electrons. The van der Waals surface area contributed by atoms with Crippen molar-refractivity contribution in [3.63, 3.8) is 0 Å². The minimum Gasteiger partial charge on any atom is -0.337 e. The number of nitrogens with two attached hydrogens (primary N) is 1. The molecule has 0 saturated carbocycles. The zero-order valence-corrected chi connectivity index (χ0v) is 11.8. The SMILES string of the molecule is CC(C)(C)C1CCN(C(=O)c2cc(NN)ccn2)C1. The molecule has 1 aliphatic heterocycles. The van der Waals surface area contributed by atoms with Crippen LogP contribution in [0, 0.1) is 11.3 Å². The van der Waals surface area contributed by atoms with E-state index in [1.807, 2.05) is 4.90 Å². The van der Waals surface area contributed by atoms with Gasteiger partial charge in [0.1, 0.15) is 5.69 Å². The first-order chi connectivity index (χ1) is 8.91. The second-order valence-electron chi connectivity index (χ2n) is 6.18. The molecule has 2 heterocycles. The molecule has 3 N–H and O–H groups in total. The van der Waals surface area contributed by atoms with Crippen LogP contribution in [0.15, 0.2) is 18.3 Å². The Labute approximate surface area is 114 Å². The van der Waals surface area contributed by atoms with Gasteiger partial charge in [-0.2, -0.15) is 0 Å². The van der Waals surface area contributed by atoms with Crippen molar-refractivity contribution in [2.45, 2.75) is 27.2 Å². The van der Waals surface area contributed by atoms with Gasteiger partial charge in [0.15, 0.2) is 0 Å². The molecule has 0 aromatic carbocycles. The van der Waals surface area contributed by atoms with E-state index >= 15 is 0 Å². The highest BCUT2D eigenvalue weighted by atomic mass is 16.2. The fourth-order valence-corrected chi connectivity index (χ4v) is 2.45. The minimum absolute atomic E-state index is 0.0103. The zero-order chi connectivity index (χ0) is 14.0. The topological polar surface area (TPSA) is 71.2 Å². The first kappa shape index (κ1) is 13.8. The molecule has 1 atom stereocenters. The van der Waals surface area contributed by atoms with E-state index in [-0.39, 0.29) is 11.3 Å². The summed E-state index contributed by atoms with van der Waals surface area (Å²) < 4.78 is 0. The van der Waals surface area contributed by atoms with Gasteiger partial charge >= 0.3 is 0 Å². The van der Waals surface area contributed by atoms with Gasteiger partial charge in [-0.15, -0.1) is 0 Å². The number of nitrogens with one attached hydrogen (secondary N) is 1. The van der Waals surface area contributed by atoms with E-state index in [1.165, 1.54) is 0 Å². The van der Waals surface area contributed by atoms with Gasteiger partial charge in [-0.3, -0.25) is 15.6 Å². The number of rotatable bonds is 2. The minimum atomic E-state index is -0.0103. The third-order valence-electron chi connectivity index (χ3n) is 3.85. The molecule has 19 heavy (non-hydrogen) atoms. The number of nitrogen functional groups attached to an aromatic ring is 1. The highest BCUT2D eigenvalue weighted by Gasteiger charge is 2.34. The van der Waals surface area contributed by atoms with E-state index in [0.29, 0.717) is 17.3 Å². The van der Waals surface area contributed by atoms with Crippen LogP contribution >= 0.6 is 0 Å². The van der Waals surface area contributed by atoms with Gasteiger partial charge in [0.05, 0.1) is 5.69 Å². The Morgan fingerprint density at radius 2 is 2.26 bits per heavy atom. The van der Waals surface area contributed by atoms with Crippen molar-refractivity contribution < 1.29 is 4.79 Å². The van der Waals surface area contributed by atoms with Crippen molar-refractivity contribution in [2.24, 2.45) is 17.2 Å². The van der Waals surface area contributed by atoms with Gasteiger partial charge in [0.25, 0.3) is 5.91 Å². The van der Waals surface area contributed by atoms with Gasteiger partial charge in [-0.05, 0) is 29.9 Å². The van der Waals surface area contributed by atoms with Crippen molar-refractivity contribution >= 4 is 11.6 Å². The Morgan fingerprint density at radius 1 is 1.53 bits per heavy atom. The Balaban J connectivity index is 2.09. The Kier molecular flexibility index (Phi) is 3.75. The van der Waals surface area contributed by atoms with E-state index in [0.717, 1.165) is 19.5 Å². The summed E-state index contributed by atoms with van der Waals surface area (Å²) in [6.45, 7) is 8.29. The van der Waals surface area contributed by atoms with Crippen molar-refractivity contribution in [1.82, 2.24) is 9.88 Å². The average Bonchev–Trinajstić information content (AvgIpc) is 2.87. The number of pyridine rings is 1. The number of aromatic nitrogens is 1. The quantitative estimate of drug-likeness (QED) is 0.630. The molecule has 5 heteroatoms. The zero-order valence-electron chi connectivity index (χ0n) is 11.8. The molecule has 0 bridgehead atoms. The number of hydrogen-bond donors (Lipinski definition) is 2. The molecule has 2 rings (SSSR count). The highest BCUT2D eigenvalue weighted by molar-refractivity contribution is 5.93. The summed E-state index contributed by atoms with van der Waals surface area (Å²) >= 11 is 0. The second kappa shape index (κ2) is 5.17. The van der Waals surface area contributed by atoms with Crippen LogP contribution in [0.5, 0.6) is 0 Å². The first-order valence-electron chi connectivity index (χ1n) is 6.64. The third-order valence-corrected chi connectivity index (χ3v) is 3.85. The number of carbonyl (C=O) groups is 1. The van der Waals surface area contributed by atoms with Crippen LogP contribution in [0.25, 0.3) is 0 Å². The number of amides is 1. The summed E-state index contributed by atoms with van der Waals surface area (Å²) in [6, 6.07) is 3.42. The summed E-state index contributed by atoms with van der Waals surface area (Å²) in [6.07, 6.45) is 2.66. The number of hydrazine groups is 1. The fraction of sp³-hybridized carbons (Fsp3) is 0.571. The summed E-state index contributed by atoms with van der Waals surface area (Å²) in [5.74, 6) is 5.89. The van der Waals surface area contributed by atoms with Crippen molar-refractivity contribution in [1.29, 1.82) is 0 Å². The molecule has 1 fully saturated rings. The lowest BCUT2D eigenvalue weighted by Gasteiger charge is -2.26. The van der Waals surface area contributed by atoms with Crippen molar-refractivity contribution in [3.05, 3.63) is 24.0 Å². The highest BCUT2D eigenvalue weighted by Crippen LogP contribution is 2.33. The van der Waals surface area contributed by atoms with Crippen LogP contribution < -0.4 is 11.3 Å². The van der Waals surface area contributed by atoms with Crippen LogP contribution in [0.3, 0.4) is 0 Å². The number of carbonyl (C=O) groups excluding carboxylic acids is 1. The first-order valence-corrected chi connectivity index (χ1v) is 6.64. The van der Waals surface area contributed by atoms with Gasteiger partial charge in [0, 0.05) is 19.3 Å². The largest absolute Gasteiger partial charge is 0.337 e. The maximum atomic E-state index is 12.4. The molecule has 1 aromatic heterocycles. The van der Waals surface area contributed by atoms with Crippen molar-refractivity contribution in [2.75, 3.05) is 18.5 Å². The molecular weight excluding hydrogens is 240 g/mol. The van der Waals surface area contributed by atoms with Gasteiger partial charge in [-0.25, -0.2) is 0 Å². The van der Waals surface area contributed by atoms with E-state index in [2.05, 4.69) is 31.2 Å². The standard InChI is InChI=1S/C14H22N4O/c1-14(2,3)10-5-7-18(9-10)13(19)12-8-11(17-15)4-6-16-12/h4,6,8,10H,5,7,9,15H2,1-3H3,(H,16,17). The summed E-state index contributed by atoms with van der Waals surface area (Å²) in [5.41, 5.74) is 3.92. The average molecular weight is 262 g/mol. The summed E-state index contributed by atoms with van der Waals surface area (Å²) in [7, 11) is 0. The molecule has 0 aliphatic carbocycles. The van der Waals surface area contributed by atoms with Crippen LogP contribution in [0.4, 0.5) is 5.69 Å². The molecule has 1 unspecified atom stereocenters. The maximum absolute atomic E-state index is 12.4. The van der Waals surface area contributed by atoms with E-state index in [1.54, 1.807) is 18.3 Å². The molecule has 1 saturated heterocycles. The maximum Gasteiger partial charge on any atom is 0.272 e. The Bertz CT molecular complexity index is 467. The molecule has 5 nitrogen and oxygen atoms in total. The summed E-state index contributed by atoms with van der Waals surface area (Å²) in [4.78, 5) is 18.4. The summed E-state index contributed by atoms with van der Waals surface area (Å²) in [5, 5.41) is 0. The smallest absolute Gasteiger partial charge is 0.272 e. The van der Waals surface area contributed by atoms with E-state index in [9.17, 15) is 4.79 Å². The molecule has 1 amide bonds. The van der Waals surface area contributed by atoms with Crippen molar-refractivity contribution in [3.8, 4) is 0 Å². The van der Waals surface area contributed by atoms with Crippen LogP contribution in [0.2, 0.25) is 0 Å². The lowest BCUT2D eigenvalue weighted by atomic mass is 9.80. The molecule has 1 aromatic rings. The van der Waals surface area contributed by atoms with Gasteiger partial charge < -0.3 is 10.3 Å². The van der Waals surface area contributed by atoms with Crippen LogP contribution in [-0.2, 0) is 0 Å². The Hall–Kier alpha value is -1.62. The lowest BCUT2D eigenvalue weighted by Crippen LogP contribution is -2.31. The number of anilines is 1. The van der Waals surface area contributed by atoms with Crippen LogP contribution in [0.1, 0.15) is 37.7 Å². The number of nitrogens with zero attached hydrogens (tertiary/aromatic N) is 2. The molecule has 0 spiro atoms. The lowest BCUT2D eigenvalue weighted by molar-refractivity contribution is 0.0771. The normalized spacial score (nSPS) is 19.6. The fourth-order valence-electron chi connectivity index (χ4n) is 2.45. The second-order valence-corrected chi connectivity index (χ2v) is 6.18.